The summed E-state index contributed by atoms with van der Waals surface area (Å²) in [5.74, 6) is -0.381. The lowest BCUT2D eigenvalue weighted by Gasteiger charge is -2.37. The van der Waals surface area contributed by atoms with Crippen LogP contribution in [0.1, 0.15) is 39.5 Å². The summed E-state index contributed by atoms with van der Waals surface area (Å²) in [5.41, 5.74) is 0. The van der Waals surface area contributed by atoms with E-state index in [2.05, 4.69) is 0 Å². The summed E-state index contributed by atoms with van der Waals surface area (Å²) in [6.07, 6.45) is 2.40. The maximum absolute atomic E-state index is 13.2. The minimum Gasteiger partial charge on any atom is -0.492 e. The number of carbonyl (C=O) groups excluding carboxylic acids is 2. The highest BCUT2D eigenvalue weighted by Gasteiger charge is 2.37. The third-order valence-corrected chi connectivity index (χ3v) is 8.16. The molecule has 1 amide bonds. The SMILES string of the molecule is CCOC(=O)C1CCN(C(=O)[C@@H]2CCCN(S(=O)(=O)c3ccc(OCC)c(Cl)c3)C2)CC1. The molecule has 1 aromatic rings. The smallest absolute Gasteiger partial charge is 0.309 e. The Balaban J connectivity index is 1.64. The Kier molecular flexibility index (Phi) is 8.41. The molecular weight excluding hydrogens is 456 g/mol. The van der Waals surface area contributed by atoms with E-state index in [0.29, 0.717) is 64.3 Å². The van der Waals surface area contributed by atoms with Gasteiger partial charge in [0.05, 0.1) is 35.0 Å². The highest BCUT2D eigenvalue weighted by molar-refractivity contribution is 7.89. The molecule has 3 rings (SSSR count). The van der Waals surface area contributed by atoms with Crippen molar-refractivity contribution in [1.82, 2.24) is 9.21 Å². The molecule has 0 unspecified atom stereocenters. The van der Waals surface area contributed by atoms with Gasteiger partial charge in [-0.25, -0.2) is 8.42 Å². The van der Waals surface area contributed by atoms with Crippen LogP contribution in [0.5, 0.6) is 5.75 Å². The Morgan fingerprint density at radius 3 is 2.41 bits per heavy atom. The highest BCUT2D eigenvalue weighted by Crippen LogP contribution is 2.31. The molecule has 0 aliphatic carbocycles. The van der Waals surface area contributed by atoms with Crippen LogP contribution in [0.3, 0.4) is 0 Å². The van der Waals surface area contributed by atoms with E-state index < -0.39 is 15.9 Å². The van der Waals surface area contributed by atoms with Crippen molar-refractivity contribution in [2.75, 3.05) is 39.4 Å². The minimum absolute atomic E-state index is 0.0445. The van der Waals surface area contributed by atoms with Crippen LogP contribution in [-0.2, 0) is 24.3 Å². The van der Waals surface area contributed by atoms with Gasteiger partial charge in [0, 0.05) is 26.2 Å². The second kappa shape index (κ2) is 10.9. The normalized spacial score (nSPS) is 20.7. The molecule has 2 aliphatic heterocycles. The fourth-order valence-electron chi connectivity index (χ4n) is 4.28. The molecule has 2 heterocycles. The van der Waals surface area contributed by atoms with Crippen molar-refractivity contribution in [2.24, 2.45) is 11.8 Å². The molecule has 0 bridgehead atoms. The molecule has 0 spiro atoms. The van der Waals surface area contributed by atoms with Crippen molar-refractivity contribution < 1.29 is 27.5 Å². The van der Waals surface area contributed by atoms with Crippen molar-refractivity contribution in [3.8, 4) is 5.75 Å². The number of nitrogens with zero attached hydrogens (tertiary/aromatic N) is 2. The number of carbonyl (C=O) groups is 2. The van der Waals surface area contributed by atoms with E-state index in [4.69, 9.17) is 21.1 Å². The number of halogens is 1. The zero-order valence-electron chi connectivity index (χ0n) is 18.6. The first-order valence-electron chi connectivity index (χ1n) is 11.2. The van der Waals surface area contributed by atoms with Crippen LogP contribution in [0.15, 0.2) is 23.1 Å². The van der Waals surface area contributed by atoms with Gasteiger partial charge in [0.1, 0.15) is 5.75 Å². The molecule has 0 N–H and O–H groups in total. The van der Waals surface area contributed by atoms with Crippen LogP contribution < -0.4 is 4.74 Å². The quantitative estimate of drug-likeness (QED) is 0.550. The van der Waals surface area contributed by atoms with Gasteiger partial charge in [-0.1, -0.05) is 11.6 Å². The number of amides is 1. The molecule has 2 fully saturated rings. The Bertz CT molecular complexity index is 930. The summed E-state index contributed by atoms with van der Waals surface area (Å²) in [5, 5.41) is 0.238. The summed E-state index contributed by atoms with van der Waals surface area (Å²) in [4.78, 5) is 26.9. The van der Waals surface area contributed by atoms with Crippen LogP contribution in [0.2, 0.25) is 5.02 Å². The lowest BCUT2D eigenvalue weighted by Crippen LogP contribution is -2.49. The van der Waals surface area contributed by atoms with Gasteiger partial charge in [-0.15, -0.1) is 0 Å². The lowest BCUT2D eigenvalue weighted by molar-refractivity contribution is -0.152. The number of piperidine rings is 2. The summed E-state index contributed by atoms with van der Waals surface area (Å²) >= 11 is 6.19. The molecule has 0 aromatic heterocycles. The van der Waals surface area contributed by atoms with Gasteiger partial charge < -0.3 is 14.4 Å². The number of esters is 1. The van der Waals surface area contributed by atoms with E-state index >= 15 is 0 Å². The van der Waals surface area contributed by atoms with Crippen molar-refractivity contribution in [2.45, 2.75) is 44.4 Å². The summed E-state index contributed by atoms with van der Waals surface area (Å²) in [6.45, 7) is 5.86. The van der Waals surface area contributed by atoms with Crippen molar-refractivity contribution in [1.29, 1.82) is 0 Å². The van der Waals surface area contributed by atoms with Gasteiger partial charge >= 0.3 is 5.97 Å². The molecular formula is C22H31ClN2O6S. The molecule has 2 aliphatic rings. The fraction of sp³-hybridized carbons (Fsp3) is 0.636. The third kappa shape index (κ3) is 5.55. The summed E-state index contributed by atoms with van der Waals surface area (Å²) in [7, 11) is -3.78. The lowest BCUT2D eigenvalue weighted by atomic mass is 9.93. The molecule has 1 atom stereocenters. The van der Waals surface area contributed by atoms with Crippen LogP contribution >= 0.6 is 11.6 Å². The number of likely N-dealkylation sites (tertiary alicyclic amines) is 1. The minimum atomic E-state index is -3.78. The maximum Gasteiger partial charge on any atom is 0.309 e. The van der Waals surface area contributed by atoms with Crippen LogP contribution in [0.4, 0.5) is 0 Å². The first-order chi connectivity index (χ1) is 15.3. The number of rotatable bonds is 7. The Morgan fingerprint density at radius 2 is 1.78 bits per heavy atom. The number of benzene rings is 1. The molecule has 32 heavy (non-hydrogen) atoms. The monoisotopic (exact) mass is 486 g/mol. The first-order valence-corrected chi connectivity index (χ1v) is 13.0. The van der Waals surface area contributed by atoms with Gasteiger partial charge in [-0.05, 0) is 57.7 Å². The molecule has 10 heteroatoms. The van der Waals surface area contributed by atoms with E-state index in [9.17, 15) is 18.0 Å². The van der Waals surface area contributed by atoms with Crippen LogP contribution in [0.25, 0.3) is 0 Å². The van der Waals surface area contributed by atoms with Crippen molar-refractivity contribution >= 4 is 33.5 Å². The predicted octanol–water partition coefficient (Wildman–Crippen LogP) is 2.94. The van der Waals surface area contributed by atoms with Crippen LogP contribution in [0, 0.1) is 11.8 Å². The van der Waals surface area contributed by atoms with Crippen molar-refractivity contribution in [3.05, 3.63) is 23.2 Å². The molecule has 0 saturated carbocycles. The van der Waals surface area contributed by atoms with E-state index in [0.717, 1.165) is 0 Å². The Hall–Kier alpha value is -1.84. The van der Waals surface area contributed by atoms with E-state index in [-0.39, 0.29) is 34.3 Å². The number of ether oxygens (including phenoxy) is 2. The standard InChI is InChI=1S/C22H31ClN2O6S/c1-3-30-20-8-7-18(14-19(20)23)32(28,29)25-11-5-6-17(15-25)21(26)24-12-9-16(10-13-24)22(27)31-4-2/h7-8,14,16-17H,3-6,9-13,15H2,1-2H3/t17-/m1/s1. The largest absolute Gasteiger partial charge is 0.492 e. The number of hydrogen-bond donors (Lipinski definition) is 0. The summed E-state index contributed by atoms with van der Waals surface area (Å²) in [6, 6.07) is 4.43. The van der Waals surface area contributed by atoms with E-state index in [1.54, 1.807) is 17.9 Å². The van der Waals surface area contributed by atoms with Gasteiger partial charge in [0.2, 0.25) is 15.9 Å². The second-order valence-corrected chi connectivity index (χ2v) is 10.4. The molecule has 1 aromatic carbocycles. The van der Waals surface area contributed by atoms with Crippen LogP contribution in [-0.4, -0.2) is 68.9 Å². The summed E-state index contributed by atoms with van der Waals surface area (Å²) < 4.78 is 38.2. The number of hydrogen-bond acceptors (Lipinski definition) is 6. The number of sulfonamides is 1. The Morgan fingerprint density at radius 1 is 1.06 bits per heavy atom. The van der Waals surface area contributed by atoms with Crippen molar-refractivity contribution in [3.63, 3.8) is 0 Å². The van der Waals surface area contributed by atoms with E-state index in [1.165, 1.54) is 16.4 Å². The highest BCUT2D eigenvalue weighted by atomic mass is 35.5. The third-order valence-electron chi connectivity index (χ3n) is 6.00. The average molecular weight is 487 g/mol. The average Bonchev–Trinajstić information content (AvgIpc) is 2.80. The fourth-order valence-corrected chi connectivity index (χ4v) is 6.13. The van der Waals surface area contributed by atoms with E-state index in [1.807, 2.05) is 6.92 Å². The molecule has 8 nitrogen and oxygen atoms in total. The van der Waals surface area contributed by atoms with Gasteiger partial charge in [-0.2, -0.15) is 4.31 Å². The zero-order chi connectivity index (χ0) is 23.3. The topological polar surface area (TPSA) is 93.2 Å². The Labute approximate surface area is 194 Å². The second-order valence-electron chi connectivity index (χ2n) is 8.08. The van der Waals surface area contributed by atoms with Gasteiger partial charge in [0.25, 0.3) is 0 Å². The zero-order valence-corrected chi connectivity index (χ0v) is 20.2. The predicted molar refractivity (Wildman–Crippen MR) is 120 cm³/mol. The molecule has 0 radical (unpaired) electrons. The van der Waals surface area contributed by atoms with Gasteiger partial charge in [0.15, 0.2) is 0 Å². The van der Waals surface area contributed by atoms with Gasteiger partial charge in [-0.3, -0.25) is 9.59 Å². The molecule has 178 valence electrons. The molecule has 2 saturated heterocycles. The maximum atomic E-state index is 13.2. The first kappa shape index (κ1) is 24.8.